The number of amidine groups is 1. The maximum atomic E-state index is 12.6. The number of nitrogens with one attached hydrogen (secondary N) is 3. The van der Waals surface area contributed by atoms with Crippen LogP contribution in [0, 0.1) is 0 Å². The zero-order valence-electron chi connectivity index (χ0n) is 18.8. The molecule has 35 heavy (non-hydrogen) atoms. The Labute approximate surface area is 216 Å². The third-order valence-electron chi connectivity index (χ3n) is 5.35. The Morgan fingerprint density at radius 1 is 1.14 bits per heavy atom. The molecule has 0 aromatic heterocycles. The molecule has 0 unspecified atom stereocenters. The lowest BCUT2D eigenvalue weighted by Crippen LogP contribution is -2.38. The SMILES string of the molecule is O=CC[C@@H](NC(=O)CNC(=O)c1cc(O)cc(NC2=NCCCCC2)c1)c1cc(Br)cc(Cl)c1O. The van der Waals surface area contributed by atoms with E-state index in [1.54, 1.807) is 12.1 Å². The molecule has 0 saturated heterocycles. The molecule has 186 valence electrons. The van der Waals surface area contributed by atoms with Crippen molar-refractivity contribution in [3.63, 3.8) is 0 Å². The molecule has 1 atom stereocenters. The van der Waals surface area contributed by atoms with Gasteiger partial charge in [-0.3, -0.25) is 14.6 Å². The monoisotopic (exact) mass is 564 g/mol. The second-order valence-electron chi connectivity index (χ2n) is 8.06. The molecule has 2 amide bonds. The molecule has 1 aliphatic heterocycles. The summed E-state index contributed by atoms with van der Waals surface area (Å²) >= 11 is 9.26. The van der Waals surface area contributed by atoms with Crippen LogP contribution < -0.4 is 16.0 Å². The molecule has 2 aromatic rings. The van der Waals surface area contributed by atoms with E-state index in [1.807, 2.05) is 0 Å². The fraction of sp³-hybridized carbons (Fsp3) is 0.333. The van der Waals surface area contributed by atoms with Gasteiger partial charge in [-0.05, 0) is 37.1 Å². The van der Waals surface area contributed by atoms with Gasteiger partial charge >= 0.3 is 0 Å². The van der Waals surface area contributed by atoms with E-state index in [1.165, 1.54) is 18.2 Å². The first-order chi connectivity index (χ1) is 16.8. The molecule has 0 saturated carbocycles. The number of nitrogens with zero attached hydrogens (tertiary/aromatic N) is 1. The number of carbonyl (C=O) groups excluding carboxylic acids is 3. The van der Waals surface area contributed by atoms with Crippen molar-refractivity contribution in [1.82, 2.24) is 10.6 Å². The van der Waals surface area contributed by atoms with E-state index in [0.717, 1.165) is 38.1 Å². The fourth-order valence-electron chi connectivity index (χ4n) is 3.68. The highest BCUT2D eigenvalue weighted by atomic mass is 79.9. The number of phenolic OH excluding ortho intramolecular Hbond substituents is 2. The van der Waals surface area contributed by atoms with Crippen molar-refractivity contribution in [2.75, 3.05) is 18.4 Å². The number of aliphatic imine (C=N–C) groups is 1. The van der Waals surface area contributed by atoms with E-state index in [0.29, 0.717) is 16.4 Å². The minimum atomic E-state index is -0.844. The van der Waals surface area contributed by atoms with Crippen LogP contribution in [-0.4, -0.2) is 47.2 Å². The number of rotatable bonds is 8. The lowest BCUT2D eigenvalue weighted by atomic mass is 10.0. The Morgan fingerprint density at radius 3 is 2.71 bits per heavy atom. The predicted molar refractivity (Wildman–Crippen MR) is 137 cm³/mol. The number of aldehydes is 1. The van der Waals surface area contributed by atoms with Crippen LogP contribution in [-0.2, 0) is 9.59 Å². The molecule has 3 rings (SSSR count). The molecular formula is C24H26BrClN4O5. The van der Waals surface area contributed by atoms with E-state index < -0.39 is 17.9 Å². The Kier molecular flexibility index (Phi) is 9.50. The van der Waals surface area contributed by atoms with Gasteiger partial charge in [-0.25, -0.2) is 0 Å². The number of hydrogen-bond donors (Lipinski definition) is 5. The molecule has 0 bridgehead atoms. The minimum absolute atomic E-state index is 0.0657. The van der Waals surface area contributed by atoms with Gasteiger partial charge < -0.3 is 31.0 Å². The topological polar surface area (TPSA) is 140 Å². The normalized spacial score (nSPS) is 14.3. The molecule has 0 radical (unpaired) electrons. The fourth-order valence-corrected chi connectivity index (χ4v) is 4.51. The van der Waals surface area contributed by atoms with Crippen LogP contribution in [0.25, 0.3) is 0 Å². The third kappa shape index (κ3) is 7.69. The summed E-state index contributed by atoms with van der Waals surface area (Å²) in [6.45, 7) is 0.348. The molecule has 0 aliphatic carbocycles. The van der Waals surface area contributed by atoms with Crippen molar-refractivity contribution < 1.29 is 24.6 Å². The Balaban J connectivity index is 1.64. The molecule has 0 spiro atoms. The van der Waals surface area contributed by atoms with Crippen molar-refractivity contribution in [2.45, 2.75) is 38.1 Å². The van der Waals surface area contributed by atoms with Gasteiger partial charge in [0.15, 0.2) is 0 Å². The number of amides is 2. The van der Waals surface area contributed by atoms with Gasteiger partial charge in [0.05, 0.1) is 17.6 Å². The van der Waals surface area contributed by atoms with Gasteiger partial charge in [0.1, 0.15) is 23.6 Å². The van der Waals surface area contributed by atoms with E-state index >= 15 is 0 Å². The molecule has 1 heterocycles. The van der Waals surface area contributed by atoms with Crippen LogP contribution in [0.4, 0.5) is 5.69 Å². The number of halogens is 2. The van der Waals surface area contributed by atoms with Gasteiger partial charge in [0, 0.05) is 46.7 Å². The molecule has 9 nitrogen and oxygen atoms in total. The highest BCUT2D eigenvalue weighted by molar-refractivity contribution is 9.10. The van der Waals surface area contributed by atoms with E-state index in [2.05, 4.69) is 36.9 Å². The second-order valence-corrected chi connectivity index (χ2v) is 9.39. The summed E-state index contributed by atoms with van der Waals surface area (Å²) in [5.41, 5.74) is 0.949. The number of benzene rings is 2. The minimum Gasteiger partial charge on any atom is -0.508 e. The van der Waals surface area contributed by atoms with Crippen molar-refractivity contribution in [3.05, 3.63) is 51.0 Å². The summed E-state index contributed by atoms with van der Waals surface area (Å²) in [7, 11) is 0. The maximum absolute atomic E-state index is 12.6. The Hall–Kier alpha value is -3.11. The molecule has 11 heteroatoms. The molecular weight excluding hydrogens is 540 g/mol. The van der Waals surface area contributed by atoms with Crippen molar-refractivity contribution in [2.24, 2.45) is 4.99 Å². The van der Waals surface area contributed by atoms with E-state index in [9.17, 15) is 24.6 Å². The van der Waals surface area contributed by atoms with E-state index in [-0.39, 0.29) is 40.6 Å². The average Bonchev–Trinajstić information content (AvgIpc) is 3.08. The highest BCUT2D eigenvalue weighted by Crippen LogP contribution is 2.35. The first kappa shape index (κ1) is 26.5. The van der Waals surface area contributed by atoms with Crippen LogP contribution in [0.5, 0.6) is 11.5 Å². The van der Waals surface area contributed by atoms with Crippen LogP contribution >= 0.6 is 27.5 Å². The second kappa shape index (κ2) is 12.6. The smallest absolute Gasteiger partial charge is 0.251 e. The summed E-state index contributed by atoms with van der Waals surface area (Å²) in [4.78, 5) is 40.8. The lowest BCUT2D eigenvalue weighted by Gasteiger charge is -2.19. The van der Waals surface area contributed by atoms with Crippen LogP contribution in [0.2, 0.25) is 5.02 Å². The van der Waals surface area contributed by atoms with Gasteiger partial charge in [0.25, 0.3) is 5.91 Å². The quantitative estimate of drug-likeness (QED) is 0.306. The van der Waals surface area contributed by atoms with Gasteiger partial charge in [-0.15, -0.1) is 0 Å². The zero-order chi connectivity index (χ0) is 25.4. The predicted octanol–water partition coefficient (Wildman–Crippen LogP) is 4.07. The van der Waals surface area contributed by atoms with Gasteiger partial charge in [0.2, 0.25) is 5.91 Å². The van der Waals surface area contributed by atoms with Gasteiger partial charge in [-0.2, -0.15) is 0 Å². The number of carbonyl (C=O) groups is 3. The number of hydrogen-bond acceptors (Lipinski definition) is 7. The highest BCUT2D eigenvalue weighted by Gasteiger charge is 2.21. The zero-order valence-corrected chi connectivity index (χ0v) is 21.2. The van der Waals surface area contributed by atoms with Crippen molar-refractivity contribution in [3.8, 4) is 11.5 Å². The van der Waals surface area contributed by atoms with Gasteiger partial charge in [-0.1, -0.05) is 34.0 Å². The third-order valence-corrected chi connectivity index (χ3v) is 6.10. The van der Waals surface area contributed by atoms with Crippen LogP contribution in [0.15, 0.2) is 39.8 Å². The van der Waals surface area contributed by atoms with Crippen LogP contribution in [0.1, 0.15) is 54.1 Å². The summed E-state index contributed by atoms with van der Waals surface area (Å²) in [5.74, 6) is -0.693. The summed E-state index contributed by atoms with van der Waals surface area (Å²) in [6, 6.07) is 6.55. The van der Waals surface area contributed by atoms with Crippen LogP contribution in [0.3, 0.4) is 0 Å². The standard InChI is InChI=1S/C24H26BrClN4O5/c25-15-10-18(23(34)19(26)11-15)20(5-7-31)30-22(33)13-28-24(35)14-8-16(12-17(32)9-14)29-21-4-2-1-3-6-27-21/h7-12,20,32,34H,1-6,13H2,(H,27,29)(H,28,35)(H,30,33)/t20-/m1/s1. The summed E-state index contributed by atoms with van der Waals surface area (Å²) in [5, 5.41) is 28.7. The average molecular weight is 566 g/mol. The molecule has 0 fully saturated rings. The first-order valence-electron chi connectivity index (χ1n) is 11.1. The first-order valence-corrected chi connectivity index (χ1v) is 12.3. The lowest BCUT2D eigenvalue weighted by molar-refractivity contribution is -0.121. The molecule has 5 N–H and O–H groups in total. The van der Waals surface area contributed by atoms with Crippen molar-refractivity contribution in [1.29, 1.82) is 0 Å². The molecule has 1 aliphatic rings. The number of anilines is 1. The summed E-state index contributed by atoms with van der Waals surface area (Å²) in [6.07, 6.45) is 4.44. The maximum Gasteiger partial charge on any atom is 0.251 e. The number of phenols is 2. The largest absolute Gasteiger partial charge is 0.508 e. The molecule has 2 aromatic carbocycles. The summed E-state index contributed by atoms with van der Waals surface area (Å²) < 4.78 is 0.567. The Bertz CT molecular complexity index is 1140. The van der Waals surface area contributed by atoms with E-state index in [4.69, 9.17) is 11.6 Å². The number of aromatic hydroxyl groups is 2. The Morgan fingerprint density at radius 2 is 1.94 bits per heavy atom. The van der Waals surface area contributed by atoms with Crippen molar-refractivity contribution >= 4 is 57.2 Å².